The maximum absolute atomic E-state index is 2.49. The van der Waals surface area contributed by atoms with E-state index in [2.05, 4.69) is 86.8 Å². The third-order valence-electron chi connectivity index (χ3n) is 6.60. The van der Waals surface area contributed by atoms with Crippen molar-refractivity contribution in [2.45, 2.75) is 64.6 Å². The predicted octanol–water partition coefficient (Wildman–Crippen LogP) is 6.23. The lowest BCUT2D eigenvalue weighted by Crippen LogP contribution is -2.37. The molecule has 4 rings (SSSR count). The van der Waals surface area contributed by atoms with Gasteiger partial charge in [-0.25, -0.2) is 4.57 Å². The Labute approximate surface area is 171 Å². The molecule has 28 heavy (non-hydrogen) atoms. The van der Waals surface area contributed by atoms with Crippen LogP contribution >= 0.6 is 0 Å². The van der Waals surface area contributed by atoms with E-state index in [-0.39, 0.29) is 0 Å². The fourth-order valence-electron chi connectivity index (χ4n) is 4.76. The molecular weight excluding hydrogens is 354 g/mol. The molecule has 1 heterocycles. The van der Waals surface area contributed by atoms with Gasteiger partial charge in [0.05, 0.1) is 13.5 Å². The Hall–Kier alpha value is -1.93. The second kappa shape index (κ2) is 7.48. The van der Waals surface area contributed by atoms with Gasteiger partial charge >= 0.3 is 0 Å². The van der Waals surface area contributed by atoms with Crippen LogP contribution in [0.3, 0.4) is 0 Å². The third kappa shape index (κ3) is 3.67. The Morgan fingerprint density at radius 1 is 0.893 bits per heavy atom. The molecule has 0 N–H and O–H groups in total. The molecular formula is C26H34NSi+. The number of benzene rings is 2. The monoisotopic (exact) mass is 388 g/mol. The molecule has 3 aromatic rings. The number of hydrogen-bond acceptors (Lipinski definition) is 0. The summed E-state index contributed by atoms with van der Waals surface area (Å²) in [5.41, 5.74) is 5.67. The Bertz CT molecular complexity index is 1010. The average molecular weight is 389 g/mol. The molecule has 0 unspecified atom stereocenters. The summed E-state index contributed by atoms with van der Waals surface area (Å²) in [6.07, 6.45) is 9.11. The van der Waals surface area contributed by atoms with Crippen molar-refractivity contribution >= 4 is 24.0 Å². The summed E-state index contributed by atoms with van der Waals surface area (Å²) in [7, 11) is 0.878. The minimum absolute atomic E-state index is 0.742. The van der Waals surface area contributed by atoms with Crippen LogP contribution in [0.1, 0.15) is 49.1 Å². The van der Waals surface area contributed by atoms with Gasteiger partial charge in [-0.3, -0.25) is 0 Å². The van der Waals surface area contributed by atoms with E-state index < -0.39 is 8.07 Å². The fraction of sp³-hybridized carbons (Fsp3) is 0.423. The first-order valence-corrected chi connectivity index (χ1v) is 14.4. The van der Waals surface area contributed by atoms with Gasteiger partial charge < -0.3 is 0 Å². The zero-order valence-corrected chi connectivity index (χ0v) is 19.2. The lowest BCUT2D eigenvalue weighted by atomic mass is 9.82. The normalized spacial score (nSPS) is 15.9. The SMILES string of the molecule is Cc1ccc(C2CCCCC2)cc1-c1c2ccc([Si](C)(C)C)cc2cc[n+]1C. The van der Waals surface area contributed by atoms with E-state index in [0.717, 1.165) is 5.92 Å². The summed E-state index contributed by atoms with van der Waals surface area (Å²) < 4.78 is 2.31. The van der Waals surface area contributed by atoms with Crippen molar-refractivity contribution in [2.24, 2.45) is 7.05 Å². The van der Waals surface area contributed by atoms with Gasteiger partial charge in [-0.15, -0.1) is 0 Å². The van der Waals surface area contributed by atoms with Gasteiger partial charge in [0.15, 0.2) is 6.20 Å². The van der Waals surface area contributed by atoms with Crippen molar-refractivity contribution in [2.75, 3.05) is 0 Å². The second-order valence-corrected chi connectivity index (χ2v) is 14.8. The van der Waals surface area contributed by atoms with E-state index in [1.165, 1.54) is 70.4 Å². The average Bonchev–Trinajstić information content (AvgIpc) is 2.68. The van der Waals surface area contributed by atoms with E-state index in [1.54, 1.807) is 0 Å². The van der Waals surface area contributed by atoms with Gasteiger partial charge in [-0.2, -0.15) is 0 Å². The number of fused-ring (bicyclic) bond motifs is 1. The first-order chi connectivity index (χ1) is 13.3. The van der Waals surface area contributed by atoms with Crippen LogP contribution < -0.4 is 9.75 Å². The molecule has 1 fully saturated rings. The minimum atomic E-state index is -1.31. The summed E-state index contributed by atoms with van der Waals surface area (Å²) in [4.78, 5) is 0. The van der Waals surface area contributed by atoms with Crippen molar-refractivity contribution in [3.63, 3.8) is 0 Å². The molecule has 146 valence electrons. The Balaban J connectivity index is 1.87. The van der Waals surface area contributed by atoms with Crippen molar-refractivity contribution < 1.29 is 4.57 Å². The maximum atomic E-state index is 2.49. The minimum Gasteiger partial charge on any atom is -0.200 e. The van der Waals surface area contributed by atoms with Crippen LogP contribution in [0.15, 0.2) is 48.7 Å². The molecule has 0 aliphatic heterocycles. The molecule has 0 radical (unpaired) electrons. The quantitative estimate of drug-likeness (QED) is 0.370. The number of aromatic nitrogens is 1. The van der Waals surface area contributed by atoms with Crippen LogP contribution in [-0.4, -0.2) is 8.07 Å². The van der Waals surface area contributed by atoms with Crippen LogP contribution in [0.2, 0.25) is 19.6 Å². The van der Waals surface area contributed by atoms with Crippen LogP contribution in [0, 0.1) is 6.92 Å². The third-order valence-corrected chi connectivity index (χ3v) is 8.64. The molecule has 1 aliphatic carbocycles. The Morgan fingerprint density at radius 2 is 1.64 bits per heavy atom. The zero-order chi connectivity index (χ0) is 19.9. The zero-order valence-electron chi connectivity index (χ0n) is 18.2. The summed E-state index contributed by atoms with van der Waals surface area (Å²) in [5.74, 6) is 0.742. The van der Waals surface area contributed by atoms with E-state index in [1.807, 2.05) is 0 Å². The number of rotatable bonds is 3. The van der Waals surface area contributed by atoms with E-state index in [9.17, 15) is 0 Å². The van der Waals surface area contributed by atoms with Crippen molar-refractivity contribution in [3.8, 4) is 11.3 Å². The highest BCUT2D eigenvalue weighted by molar-refractivity contribution is 6.88. The molecule has 2 heteroatoms. The fourth-order valence-corrected chi connectivity index (χ4v) is 5.93. The van der Waals surface area contributed by atoms with Crippen LogP contribution in [0.4, 0.5) is 0 Å². The molecule has 1 saturated carbocycles. The van der Waals surface area contributed by atoms with Crippen LogP contribution in [0.25, 0.3) is 22.0 Å². The Morgan fingerprint density at radius 3 is 2.36 bits per heavy atom. The molecule has 2 aromatic carbocycles. The highest BCUT2D eigenvalue weighted by Crippen LogP contribution is 2.36. The highest BCUT2D eigenvalue weighted by atomic mass is 28.3. The summed E-state index contributed by atoms with van der Waals surface area (Å²) in [6.45, 7) is 9.54. The lowest BCUT2D eigenvalue weighted by molar-refractivity contribution is -0.659. The number of hydrogen-bond donors (Lipinski definition) is 0. The highest BCUT2D eigenvalue weighted by Gasteiger charge is 2.22. The molecule has 0 atom stereocenters. The van der Waals surface area contributed by atoms with Crippen LogP contribution in [-0.2, 0) is 7.05 Å². The first-order valence-electron chi connectivity index (χ1n) is 10.9. The number of aryl methyl sites for hydroxylation is 2. The van der Waals surface area contributed by atoms with Crippen LogP contribution in [0.5, 0.6) is 0 Å². The number of pyridine rings is 1. The van der Waals surface area contributed by atoms with Gasteiger partial charge in [0, 0.05) is 11.6 Å². The Kier molecular flexibility index (Phi) is 5.18. The molecule has 0 bridgehead atoms. The van der Waals surface area contributed by atoms with Gasteiger partial charge in [0.2, 0.25) is 5.69 Å². The summed E-state index contributed by atoms with van der Waals surface area (Å²) in [6, 6.07) is 16.7. The smallest absolute Gasteiger partial charge is 0.200 e. The first kappa shape index (κ1) is 19.4. The van der Waals surface area contributed by atoms with Crippen molar-refractivity contribution in [1.82, 2.24) is 0 Å². The lowest BCUT2D eigenvalue weighted by Gasteiger charge is -2.23. The maximum Gasteiger partial charge on any atom is 0.220 e. The van der Waals surface area contributed by atoms with Crippen molar-refractivity contribution in [3.05, 3.63) is 59.8 Å². The largest absolute Gasteiger partial charge is 0.220 e. The molecule has 0 saturated heterocycles. The standard InChI is InChI=1S/C26H34NSi/c1-19-11-12-21(20-9-7-6-8-10-20)18-25(19)26-24-14-13-23(28(3,4)5)17-22(24)15-16-27(26)2/h11-18,20H,6-10H2,1-5H3/q+1. The molecule has 1 aromatic heterocycles. The van der Waals surface area contributed by atoms with Gasteiger partial charge in [-0.1, -0.05) is 68.4 Å². The van der Waals surface area contributed by atoms with E-state index in [4.69, 9.17) is 0 Å². The topological polar surface area (TPSA) is 3.88 Å². The van der Waals surface area contributed by atoms with Gasteiger partial charge in [0.1, 0.15) is 7.05 Å². The second-order valence-electron chi connectivity index (χ2n) is 9.74. The molecule has 1 nitrogen and oxygen atoms in total. The molecule has 0 spiro atoms. The number of nitrogens with zero attached hydrogens (tertiary/aromatic N) is 1. The summed E-state index contributed by atoms with van der Waals surface area (Å²) in [5, 5.41) is 4.28. The molecule has 0 amide bonds. The van der Waals surface area contributed by atoms with Gasteiger partial charge in [0.25, 0.3) is 0 Å². The van der Waals surface area contributed by atoms with Crippen molar-refractivity contribution in [1.29, 1.82) is 0 Å². The molecule has 1 aliphatic rings. The van der Waals surface area contributed by atoms with E-state index >= 15 is 0 Å². The van der Waals surface area contributed by atoms with E-state index in [0.29, 0.717) is 0 Å². The van der Waals surface area contributed by atoms with Gasteiger partial charge in [-0.05, 0) is 54.3 Å². The predicted molar refractivity (Wildman–Crippen MR) is 124 cm³/mol. The summed E-state index contributed by atoms with van der Waals surface area (Å²) >= 11 is 0.